The highest BCUT2D eigenvalue weighted by Crippen LogP contribution is 2.33. The Morgan fingerprint density at radius 2 is 1.64 bits per heavy atom. The predicted octanol–water partition coefficient (Wildman–Crippen LogP) is 4.00. The van der Waals surface area contributed by atoms with E-state index in [0.29, 0.717) is 24.6 Å². The number of para-hydroxylation sites is 1. The van der Waals surface area contributed by atoms with Gasteiger partial charge in [-0.05, 0) is 30.3 Å². The van der Waals surface area contributed by atoms with Crippen molar-refractivity contribution in [3.05, 3.63) is 48.5 Å². The quantitative estimate of drug-likeness (QED) is 0.540. The molecular weight excluding hydrogens is 442 g/mol. The molecule has 0 aliphatic carbocycles. The summed E-state index contributed by atoms with van der Waals surface area (Å²) in [4.78, 5) is 24.6. The third kappa shape index (κ3) is 7.30. The van der Waals surface area contributed by atoms with Crippen molar-refractivity contribution >= 4 is 27.5 Å². The van der Waals surface area contributed by atoms with Gasteiger partial charge in [-0.1, -0.05) is 52.8 Å². The maximum absolute atomic E-state index is 13.0. The van der Waals surface area contributed by atoms with Crippen molar-refractivity contribution in [2.45, 2.75) is 45.9 Å². The summed E-state index contributed by atoms with van der Waals surface area (Å²) in [5.41, 5.74) is -0.320. The second-order valence-corrected chi connectivity index (χ2v) is 10.4. The Balaban J connectivity index is 2.27. The third-order valence-corrected chi connectivity index (χ3v) is 6.90. The van der Waals surface area contributed by atoms with Gasteiger partial charge in [-0.15, -0.1) is 0 Å². The van der Waals surface area contributed by atoms with E-state index in [-0.39, 0.29) is 35.4 Å². The van der Waals surface area contributed by atoms with E-state index in [2.05, 4.69) is 10.6 Å². The van der Waals surface area contributed by atoms with Crippen LogP contribution in [0.1, 0.15) is 41.0 Å². The molecule has 33 heavy (non-hydrogen) atoms. The number of nitrogens with zero attached hydrogens (tertiary/aromatic N) is 1. The molecule has 180 valence electrons. The number of ether oxygens (including phenoxy) is 1. The number of anilines is 1. The molecule has 0 bridgehead atoms. The van der Waals surface area contributed by atoms with Gasteiger partial charge in [0, 0.05) is 31.5 Å². The summed E-state index contributed by atoms with van der Waals surface area (Å²) in [6.07, 6.45) is 0.0274. The first kappa shape index (κ1) is 26.3. The molecule has 0 aromatic heterocycles. The second kappa shape index (κ2) is 11.3. The number of sulfonamides is 1. The number of hydrogen-bond donors (Lipinski definition) is 2. The van der Waals surface area contributed by atoms with Crippen molar-refractivity contribution in [3.63, 3.8) is 0 Å². The van der Waals surface area contributed by atoms with E-state index in [1.165, 1.54) is 22.5 Å². The number of nitrogens with one attached hydrogen (secondary N) is 2. The van der Waals surface area contributed by atoms with Gasteiger partial charge in [0.2, 0.25) is 21.8 Å². The molecule has 0 aliphatic heterocycles. The summed E-state index contributed by atoms with van der Waals surface area (Å²) in [7, 11) is -3.72. The Labute approximate surface area is 196 Å². The summed E-state index contributed by atoms with van der Waals surface area (Å²) < 4.78 is 33.2. The molecule has 0 radical (unpaired) electrons. The van der Waals surface area contributed by atoms with Crippen molar-refractivity contribution in [2.75, 3.05) is 25.0 Å². The lowest BCUT2D eigenvalue weighted by Gasteiger charge is -2.20. The number of carbonyl (C=O) groups excluding carboxylic acids is 2. The van der Waals surface area contributed by atoms with Crippen LogP contribution in [0.2, 0.25) is 0 Å². The van der Waals surface area contributed by atoms with Crippen molar-refractivity contribution in [1.82, 2.24) is 9.62 Å². The molecule has 2 rings (SSSR count). The van der Waals surface area contributed by atoms with Gasteiger partial charge in [0.1, 0.15) is 5.75 Å². The van der Waals surface area contributed by atoms with Gasteiger partial charge in [-0.2, -0.15) is 4.31 Å². The van der Waals surface area contributed by atoms with Crippen molar-refractivity contribution in [2.24, 2.45) is 5.41 Å². The lowest BCUT2D eigenvalue weighted by molar-refractivity contribution is -0.128. The van der Waals surface area contributed by atoms with E-state index in [1.54, 1.807) is 46.8 Å². The Morgan fingerprint density at radius 3 is 2.21 bits per heavy atom. The van der Waals surface area contributed by atoms with Gasteiger partial charge >= 0.3 is 0 Å². The monoisotopic (exact) mass is 475 g/mol. The highest BCUT2D eigenvalue weighted by atomic mass is 32.2. The van der Waals surface area contributed by atoms with Gasteiger partial charge in [0.25, 0.3) is 0 Å². The number of amides is 2. The molecule has 2 aromatic rings. The zero-order chi connectivity index (χ0) is 24.6. The first-order valence-electron chi connectivity index (χ1n) is 10.9. The van der Waals surface area contributed by atoms with Crippen molar-refractivity contribution < 1.29 is 22.7 Å². The molecule has 0 unspecified atom stereocenters. The highest BCUT2D eigenvalue weighted by molar-refractivity contribution is 7.89. The lowest BCUT2D eigenvalue weighted by Crippen LogP contribution is -2.36. The predicted molar refractivity (Wildman–Crippen MR) is 129 cm³/mol. The highest BCUT2D eigenvalue weighted by Gasteiger charge is 2.24. The second-order valence-electron chi connectivity index (χ2n) is 8.47. The van der Waals surface area contributed by atoms with Crippen LogP contribution in [0.25, 0.3) is 0 Å². The van der Waals surface area contributed by atoms with Crippen LogP contribution in [-0.2, 0) is 19.6 Å². The van der Waals surface area contributed by atoms with E-state index in [4.69, 9.17) is 4.74 Å². The molecule has 0 atom stereocenters. The maximum atomic E-state index is 13.0. The van der Waals surface area contributed by atoms with Crippen LogP contribution >= 0.6 is 0 Å². The standard InChI is InChI=1S/C24H33N3O5S/c1-6-27(7-2)33(30,31)19-13-14-21(32-18-11-9-8-10-12-18)20(17-19)26-22(28)15-16-25-23(29)24(3,4)5/h8-14,17H,6-7,15-16H2,1-5H3,(H,25,29)(H,26,28). The fourth-order valence-corrected chi connectivity index (χ4v) is 4.44. The molecule has 2 aromatic carbocycles. The Kier molecular flexibility index (Phi) is 9.01. The minimum atomic E-state index is -3.72. The molecule has 2 N–H and O–H groups in total. The molecule has 0 aliphatic rings. The molecule has 0 fully saturated rings. The van der Waals surface area contributed by atoms with Crippen LogP contribution in [0.3, 0.4) is 0 Å². The van der Waals surface area contributed by atoms with E-state index < -0.39 is 15.4 Å². The Bertz CT molecular complexity index is 1060. The summed E-state index contributed by atoms with van der Waals surface area (Å²) >= 11 is 0. The Hall–Kier alpha value is -2.91. The van der Waals surface area contributed by atoms with E-state index in [9.17, 15) is 18.0 Å². The fraction of sp³-hybridized carbons (Fsp3) is 0.417. The first-order valence-corrected chi connectivity index (χ1v) is 12.4. The first-order chi connectivity index (χ1) is 15.5. The van der Waals surface area contributed by atoms with Gasteiger partial charge in [0.15, 0.2) is 5.75 Å². The van der Waals surface area contributed by atoms with Crippen LogP contribution in [0.5, 0.6) is 11.5 Å². The molecule has 9 heteroatoms. The minimum Gasteiger partial charge on any atom is -0.455 e. The smallest absolute Gasteiger partial charge is 0.243 e. The molecular formula is C24H33N3O5S. The summed E-state index contributed by atoms with van der Waals surface area (Å²) in [5.74, 6) is 0.326. The van der Waals surface area contributed by atoms with Crippen molar-refractivity contribution in [3.8, 4) is 11.5 Å². The van der Waals surface area contributed by atoms with Crippen LogP contribution in [0.15, 0.2) is 53.4 Å². The lowest BCUT2D eigenvalue weighted by atomic mass is 9.96. The number of hydrogen-bond acceptors (Lipinski definition) is 5. The third-order valence-electron chi connectivity index (χ3n) is 4.86. The largest absolute Gasteiger partial charge is 0.455 e. The molecule has 0 spiro atoms. The van der Waals surface area contributed by atoms with Crippen LogP contribution in [-0.4, -0.2) is 44.2 Å². The number of rotatable bonds is 10. The van der Waals surface area contributed by atoms with Gasteiger partial charge < -0.3 is 15.4 Å². The van der Waals surface area contributed by atoms with Gasteiger partial charge in [0.05, 0.1) is 10.6 Å². The van der Waals surface area contributed by atoms with Crippen LogP contribution in [0, 0.1) is 5.41 Å². The summed E-state index contributed by atoms with van der Waals surface area (Å²) in [6, 6.07) is 13.4. The molecule has 0 saturated heterocycles. The van der Waals surface area contributed by atoms with Crippen LogP contribution < -0.4 is 15.4 Å². The minimum absolute atomic E-state index is 0.0274. The molecule has 2 amide bonds. The SMILES string of the molecule is CCN(CC)S(=O)(=O)c1ccc(Oc2ccccc2)c(NC(=O)CCNC(=O)C(C)(C)C)c1. The van der Waals surface area contributed by atoms with Gasteiger partial charge in [-0.25, -0.2) is 8.42 Å². The van der Waals surface area contributed by atoms with E-state index in [1.807, 2.05) is 18.2 Å². The molecule has 8 nitrogen and oxygen atoms in total. The number of benzene rings is 2. The normalized spacial score (nSPS) is 11.8. The Morgan fingerprint density at radius 1 is 1.00 bits per heavy atom. The zero-order valence-electron chi connectivity index (χ0n) is 19.8. The maximum Gasteiger partial charge on any atom is 0.243 e. The fourth-order valence-electron chi connectivity index (χ4n) is 2.95. The summed E-state index contributed by atoms with van der Waals surface area (Å²) in [6.45, 7) is 9.72. The van der Waals surface area contributed by atoms with Gasteiger partial charge in [-0.3, -0.25) is 9.59 Å². The molecule has 0 saturated carbocycles. The van der Waals surface area contributed by atoms with Crippen molar-refractivity contribution in [1.29, 1.82) is 0 Å². The van der Waals surface area contributed by atoms with E-state index >= 15 is 0 Å². The molecule has 0 heterocycles. The number of carbonyl (C=O) groups is 2. The van der Waals surface area contributed by atoms with E-state index in [0.717, 1.165) is 0 Å². The average Bonchev–Trinajstić information content (AvgIpc) is 2.75. The average molecular weight is 476 g/mol. The zero-order valence-corrected chi connectivity index (χ0v) is 20.7. The summed E-state index contributed by atoms with van der Waals surface area (Å²) in [5, 5.41) is 5.46. The van der Waals surface area contributed by atoms with Crippen LogP contribution in [0.4, 0.5) is 5.69 Å². The topological polar surface area (TPSA) is 105 Å².